The molecule has 0 radical (unpaired) electrons. The minimum absolute atomic E-state index is 0.00985. The number of likely N-dealkylation sites (tertiary alicyclic amines) is 1. The van der Waals surface area contributed by atoms with Gasteiger partial charge in [0.2, 0.25) is 5.91 Å². The van der Waals surface area contributed by atoms with Crippen LogP contribution >= 0.6 is 0 Å². The Labute approximate surface area is 108 Å². The van der Waals surface area contributed by atoms with Crippen molar-refractivity contribution in [1.29, 1.82) is 0 Å². The van der Waals surface area contributed by atoms with Crippen molar-refractivity contribution in [2.75, 3.05) is 19.6 Å². The normalized spacial score (nSPS) is 24.3. The lowest BCUT2D eigenvalue weighted by molar-refractivity contribution is -0.143. The van der Waals surface area contributed by atoms with Crippen molar-refractivity contribution >= 4 is 11.9 Å². The summed E-state index contributed by atoms with van der Waals surface area (Å²) < 4.78 is 0. The summed E-state index contributed by atoms with van der Waals surface area (Å²) in [5, 5.41) is 9.09. The van der Waals surface area contributed by atoms with E-state index in [9.17, 15) is 9.59 Å². The summed E-state index contributed by atoms with van der Waals surface area (Å²) >= 11 is 0. The van der Waals surface area contributed by atoms with Crippen LogP contribution in [0, 0.1) is 17.3 Å². The Morgan fingerprint density at radius 1 is 1.33 bits per heavy atom. The first-order valence-electron chi connectivity index (χ1n) is 6.64. The molecule has 2 atom stereocenters. The minimum atomic E-state index is -0.816. The number of nitrogens with two attached hydrogens (primary N) is 1. The van der Waals surface area contributed by atoms with Gasteiger partial charge in [-0.1, -0.05) is 20.8 Å². The van der Waals surface area contributed by atoms with Gasteiger partial charge in [0, 0.05) is 19.6 Å². The number of carboxylic acids is 1. The fourth-order valence-corrected chi connectivity index (χ4v) is 2.72. The molecule has 0 spiro atoms. The SMILES string of the molecule is CCC(CC)(CN)C(=O)N1C[C@@H](C)[C@H](C(=O)O)C1. The summed E-state index contributed by atoms with van der Waals surface area (Å²) in [6, 6.07) is 0. The zero-order valence-corrected chi connectivity index (χ0v) is 11.5. The van der Waals surface area contributed by atoms with Crippen molar-refractivity contribution in [3.63, 3.8) is 0 Å². The molecule has 1 aliphatic heterocycles. The molecule has 0 aromatic rings. The lowest BCUT2D eigenvalue weighted by atomic mass is 9.81. The molecule has 5 nitrogen and oxygen atoms in total. The topological polar surface area (TPSA) is 83.6 Å². The highest BCUT2D eigenvalue weighted by Gasteiger charge is 2.43. The molecule has 1 rings (SSSR count). The van der Waals surface area contributed by atoms with Gasteiger partial charge in [-0.2, -0.15) is 0 Å². The van der Waals surface area contributed by atoms with Crippen LogP contribution in [0.5, 0.6) is 0 Å². The Bertz CT molecular complexity index is 318. The number of aliphatic carboxylic acids is 1. The highest BCUT2D eigenvalue weighted by Crippen LogP contribution is 2.32. The fraction of sp³-hybridized carbons (Fsp3) is 0.846. The summed E-state index contributed by atoms with van der Waals surface area (Å²) in [7, 11) is 0. The average Bonchev–Trinajstić information content (AvgIpc) is 2.74. The van der Waals surface area contributed by atoms with E-state index in [-0.39, 0.29) is 11.8 Å². The summed E-state index contributed by atoms with van der Waals surface area (Å²) in [5.74, 6) is -1.23. The molecule has 0 aliphatic carbocycles. The van der Waals surface area contributed by atoms with Crippen molar-refractivity contribution in [3.05, 3.63) is 0 Å². The van der Waals surface area contributed by atoms with Crippen LogP contribution in [0.4, 0.5) is 0 Å². The number of carboxylic acid groups (broad SMARTS) is 1. The van der Waals surface area contributed by atoms with Gasteiger partial charge in [-0.15, -0.1) is 0 Å². The molecule has 18 heavy (non-hydrogen) atoms. The second-order valence-electron chi connectivity index (χ2n) is 5.32. The fourth-order valence-electron chi connectivity index (χ4n) is 2.72. The summed E-state index contributed by atoms with van der Waals surface area (Å²) in [6.07, 6.45) is 1.39. The number of hydrogen-bond acceptors (Lipinski definition) is 3. The van der Waals surface area contributed by atoms with E-state index in [1.807, 2.05) is 20.8 Å². The smallest absolute Gasteiger partial charge is 0.308 e. The van der Waals surface area contributed by atoms with Crippen LogP contribution in [0.2, 0.25) is 0 Å². The van der Waals surface area contributed by atoms with Gasteiger partial charge in [0.1, 0.15) is 0 Å². The highest BCUT2D eigenvalue weighted by atomic mass is 16.4. The number of carbonyl (C=O) groups is 2. The van der Waals surface area contributed by atoms with Gasteiger partial charge in [0.05, 0.1) is 11.3 Å². The van der Waals surface area contributed by atoms with Crippen molar-refractivity contribution in [1.82, 2.24) is 4.90 Å². The summed E-state index contributed by atoms with van der Waals surface area (Å²) in [4.78, 5) is 25.3. The Balaban J connectivity index is 2.83. The zero-order valence-electron chi connectivity index (χ0n) is 11.5. The van der Waals surface area contributed by atoms with Crippen molar-refractivity contribution in [3.8, 4) is 0 Å². The molecule has 3 N–H and O–H groups in total. The Kier molecular flexibility index (Phi) is 4.73. The minimum Gasteiger partial charge on any atom is -0.481 e. The maximum absolute atomic E-state index is 12.5. The van der Waals surface area contributed by atoms with E-state index in [0.29, 0.717) is 32.5 Å². The van der Waals surface area contributed by atoms with E-state index in [1.54, 1.807) is 4.90 Å². The largest absolute Gasteiger partial charge is 0.481 e. The number of rotatable bonds is 5. The summed E-state index contributed by atoms with van der Waals surface area (Å²) in [6.45, 7) is 6.97. The second-order valence-corrected chi connectivity index (χ2v) is 5.32. The van der Waals surface area contributed by atoms with E-state index >= 15 is 0 Å². The van der Waals surface area contributed by atoms with Crippen LogP contribution in [0.3, 0.4) is 0 Å². The molecule has 1 amide bonds. The van der Waals surface area contributed by atoms with Crippen LogP contribution in [0.25, 0.3) is 0 Å². The lowest BCUT2D eigenvalue weighted by Gasteiger charge is -2.33. The van der Waals surface area contributed by atoms with Gasteiger partial charge in [-0.3, -0.25) is 9.59 Å². The number of amides is 1. The molecule has 1 heterocycles. The van der Waals surface area contributed by atoms with Crippen LogP contribution < -0.4 is 5.73 Å². The second kappa shape index (κ2) is 5.69. The van der Waals surface area contributed by atoms with E-state index in [1.165, 1.54) is 0 Å². The van der Waals surface area contributed by atoms with Crippen LogP contribution in [0.15, 0.2) is 0 Å². The van der Waals surface area contributed by atoms with E-state index < -0.39 is 17.3 Å². The van der Waals surface area contributed by atoms with Gasteiger partial charge in [0.15, 0.2) is 0 Å². The molecule has 104 valence electrons. The van der Waals surface area contributed by atoms with Crippen molar-refractivity contribution in [2.24, 2.45) is 23.0 Å². The van der Waals surface area contributed by atoms with Gasteiger partial charge >= 0.3 is 5.97 Å². The maximum atomic E-state index is 12.5. The van der Waals surface area contributed by atoms with Crippen molar-refractivity contribution in [2.45, 2.75) is 33.6 Å². The molecule has 0 bridgehead atoms. The predicted molar refractivity (Wildman–Crippen MR) is 68.9 cm³/mol. The average molecular weight is 256 g/mol. The molecular weight excluding hydrogens is 232 g/mol. The highest BCUT2D eigenvalue weighted by molar-refractivity contribution is 5.84. The number of nitrogens with zero attached hydrogens (tertiary/aromatic N) is 1. The summed E-state index contributed by atoms with van der Waals surface area (Å²) in [5.41, 5.74) is 5.24. The van der Waals surface area contributed by atoms with E-state index in [4.69, 9.17) is 10.8 Å². The molecule has 1 aliphatic rings. The third-order valence-corrected chi connectivity index (χ3v) is 4.41. The van der Waals surface area contributed by atoms with Gasteiger partial charge in [-0.25, -0.2) is 0 Å². The Hall–Kier alpha value is -1.10. The quantitative estimate of drug-likeness (QED) is 0.766. The Morgan fingerprint density at radius 2 is 1.89 bits per heavy atom. The zero-order chi connectivity index (χ0) is 13.9. The first kappa shape index (κ1) is 15.0. The van der Waals surface area contributed by atoms with Gasteiger partial charge < -0.3 is 15.7 Å². The molecule has 0 aromatic carbocycles. The molecule has 0 unspecified atom stereocenters. The molecule has 0 saturated carbocycles. The van der Waals surface area contributed by atoms with E-state index in [0.717, 1.165) is 0 Å². The predicted octanol–water partition coefficient (Wildman–Crippen LogP) is 0.931. The standard InChI is InChI=1S/C13H24N2O3/c1-4-13(5-2,8-14)12(18)15-6-9(3)10(7-15)11(16)17/h9-10H,4-8,14H2,1-3H3,(H,16,17)/t9-,10-/m1/s1. The molecule has 1 saturated heterocycles. The molecular formula is C13H24N2O3. The third-order valence-electron chi connectivity index (χ3n) is 4.41. The van der Waals surface area contributed by atoms with Crippen molar-refractivity contribution < 1.29 is 14.7 Å². The maximum Gasteiger partial charge on any atom is 0.308 e. The third kappa shape index (κ3) is 2.51. The van der Waals surface area contributed by atoms with Crippen LogP contribution in [-0.4, -0.2) is 41.5 Å². The van der Waals surface area contributed by atoms with Crippen LogP contribution in [0.1, 0.15) is 33.6 Å². The van der Waals surface area contributed by atoms with Crippen LogP contribution in [-0.2, 0) is 9.59 Å². The number of carbonyl (C=O) groups excluding carboxylic acids is 1. The van der Waals surface area contributed by atoms with Gasteiger partial charge in [-0.05, 0) is 18.8 Å². The van der Waals surface area contributed by atoms with E-state index in [2.05, 4.69) is 0 Å². The molecule has 5 heteroatoms. The first-order chi connectivity index (χ1) is 8.41. The monoisotopic (exact) mass is 256 g/mol. The lowest BCUT2D eigenvalue weighted by Crippen LogP contribution is -2.47. The first-order valence-corrected chi connectivity index (χ1v) is 6.64. The number of hydrogen-bond donors (Lipinski definition) is 2. The Morgan fingerprint density at radius 3 is 2.22 bits per heavy atom. The molecule has 0 aromatic heterocycles. The van der Waals surface area contributed by atoms with Gasteiger partial charge in [0.25, 0.3) is 0 Å². The molecule has 1 fully saturated rings.